The number of H-pyrrole nitrogens is 1. The van der Waals surface area contributed by atoms with E-state index in [1.54, 1.807) is 0 Å². The molecule has 1 heterocycles. The number of aromatic nitrogens is 2. The summed E-state index contributed by atoms with van der Waals surface area (Å²) in [6, 6.07) is 5.61. The first kappa shape index (κ1) is 12.2. The number of nitrogens with two attached hydrogens (primary N) is 1. The van der Waals surface area contributed by atoms with Crippen molar-refractivity contribution in [2.24, 2.45) is 5.73 Å². The van der Waals surface area contributed by atoms with E-state index in [0.29, 0.717) is 16.8 Å². The first-order valence-corrected chi connectivity index (χ1v) is 5.88. The highest BCUT2D eigenvalue weighted by molar-refractivity contribution is 5.66. The van der Waals surface area contributed by atoms with Crippen LogP contribution in [0.15, 0.2) is 30.5 Å². The second-order valence-electron chi connectivity index (χ2n) is 4.83. The fourth-order valence-corrected chi connectivity index (χ4v) is 2.44. The monoisotopic (exact) mass is 267 g/mol. The number of nitrogens with one attached hydrogen (secondary N) is 1. The van der Waals surface area contributed by atoms with Gasteiger partial charge in [-0.05, 0) is 24.3 Å². The third-order valence-corrected chi connectivity index (χ3v) is 3.74. The second kappa shape index (κ2) is 3.84. The highest BCUT2D eigenvalue weighted by Crippen LogP contribution is 2.62. The molecule has 0 bridgehead atoms. The summed E-state index contributed by atoms with van der Waals surface area (Å²) in [5, 5.41) is 6.53. The lowest BCUT2D eigenvalue weighted by molar-refractivity contribution is 0.0897. The number of alkyl halides is 2. The summed E-state index contributed by atoms with van der Waals surface area (Å²) >= 11 is 0. The molecule has 2 aromatic rings. The average Bonchev–Trinajstić information content (AvgIpc) is 2.77. The highest BCUT2D eigenvalue weighted by Gasteiger charge is 2.72. The van der Waals surface area contributed by atoms with Crippen LogP contribution in [0.2, 0.25) is 0 Å². The van der Waals surface area contributed by atoms with Crippen LogP contribution < -0.4 is 5.73 Å². The Balaban J connectivity index is 2.07. The zero-order valence-corrected chi connectivity index (χ0v) is 9.96. The van der Waals surface area contributed by atoms with Gasteiger partial charge in [0.1, 0.15) is 5.82 Å². The molecule has 6 heteroatoms. The molecular formula is C13H12F3N3. The van der Waals surface area contributed by atoms with Gasteiger partial charge in [-0.3, -0.25) is 5.10 Å². The molecule has 0 aliphatic heterocycles. The van der Waals surface area contributed by atoms with E-state index in [-0.39, 0.29) is 18.8 Å². The first-order chi connectivity index (χ1) is 9.00. The molecule has 1 aliphatic carbocycles. The Morgan fingerprint density at radius 1 is 1.26 bits per heavy atom. The van der Waals surface area contributed by atoms with Crippen molar-refractivity contribution in [2.75, 3.05) is 6.54 Å². The molecule has 0 radical (unpaired) electrons. The van der Waals surface area contributed by atoms with Gasteiger partial charge in [0.2, 0.25) is 0 Å². The van der Waals surface area contributed by atoms with Crippen molar-refractivity contribution in [1.29, 1.82) is 0 Å². The van der Waals surface area contributed by atoms with Gasteiger partial charge < -0.3 is 5.73 Å². The lowest BCUT2D eigenvalue weighted by Gasteiger charge is -2.14. The molecule has 0 saturated heterocycles. The number of rotatable bonds is 3. The van der Waals surface area contributed by atoms with E-state index >= 15 is 0 Å². The number of aromatic amines is 1. The van der Waals surface area contributed by atoms with Crippen LogP contribution in [0.4, 0.5) is 13.2 Å². The molecule has 1 atom stereocenters. The fourth-order valence-electron chi connectivity index (χ4n) is 2.44. The lowest BCUT2D eigenvalue weighted by atomic mass is 9.93. The molecule has 19 heavy (non-hydrogen) atoms. The van der Waals surface area contributed by atoms with E-state index in [2.05, 4.69) is 10.2 Å². The lowest BCUT2D eigenvalue weighted by Crippen LogP contribution is -2.27. The van der Waals surface area contributed by atoms with E-state index in [1.807, 2.05) is 0 Å². The molecule has 100 valence electrons. The van der Waals surface area contributed by atoms with Crippen LogP contribution >= 0.6 is 0 Å². The molecular weight excluding hydrogens is 255 g/mol. The van der Waals surface area contributed by atoms with Crippen LogP contribution in [0.25, 0.3) is 11.3 Å². The molecule has 1 aliphatic rings. The van der Waals surface area contributed by atoms with E-state index < -0.39 is 11.3 Å². The van der Waals surface area contributed by atoms with Gasteiger partial charge in [0.25, 0.3) is 5.92 Å². The maximum atomic E-state index is 13.6. The molecule has 0 spiro atoms. The maximum absolute atomic E-state index is 13.6. The van der Waals surface area contributed by atoms with Crippen LogP contribution in [0.5, 0.6) is 0 Å². The van der Waals surface area contributed by atoms with Gasteiger partial charge in [-0.25, -0.2) is 13.2 Å². The first-order valence-electron chi connectivity index (χ1n) is 5.88. The number of halogens is 3. The summed E-state index contributed by atoms with van der Waals surface area (Å²) in [6.07, 6.45) is 1.11. The fraction of sp³-hybridized carbons (Fsp3) is 0.308. The van der Waals surface area contributed by atoms with Crippen molar-refractivity contribution in [3.63, 3.8) is 0 Å². The summed E-state index contributed by atoms with van der Waals surface area (Å²) in [5.74, 6) is -3.18. The van der Waals surface area contributed by atoms with Crippen molar-refractivity contribution >= 4 is 0 Å². The Morgan fingerprint density at radius 3 is 2.42 bits per heavy atom. The van der Waals surface area contributed by atoms with Crippen LogP contribution in [0.3, 0.4) is 0 Å². The zero-order chi connectivity index (χ0) is 13.7. The summed E-state index contributed by atoms with van der Waals surface area (Å²) in [6.45, 7) is -0.145. The highest BCUT2D eigenvalue weighted by atomic mass is 19.3. The average molecular weight is 267 g/mol. The third-order valence-electron chi connectivity index (χ3n) is 3.74. The molecule has 3 rings (SSSR count). The molecule has 1 fully saturated rings. The molecule has 3 nitrogen and oxygen atoms in total. The minimum atomic E-state index is -2.81. The standard InChI is InChI=1S/C13H12F3N3/c14-9-3-1-8(2-4-9)11-10(5-18-19-11)12(7-17)6-13(12,15)16/h1-5H,6-7,17H2,(H,18,19). The van der Waals surface area contributed by atoms with Crippen molar-refractivity contribution < 1.29 is 13.2 Å². The van der Waals surface area contributed by atoms with Crippen LogP contribution in [-0.2, 0) is 5.41 Å². The van der Waals surface area contributed by atoms with E-state index in [1.165, 1.54) is 30.5 Å². The van der Waals surface area contributed by atoms with E-state index in [4.69, 9.17) is 5.73 Å². The Kier molecular flexibility index (Phi) is 2.47. The number of benzene rings is 1. The number of hydrogen-bond acceptors (Lipinski definition) is 2. The van der Waals surface area contributed by atoms with Gasteiger partial charge in [0.15, 0.2) is 0 Å². The van der Waals surface area contributed by atoms with E-state index in [0.717, 1.165) is 0 Å². The summed E-state index contributed by atoms with van der Waals surface area (Å²) < 4.78 is 40.1. The quantitative estimate of drug-likeness (QED) is 0.897. The van der Waals surface area contributed by atoms with Crippen molar-refractivity contribution in [2.45, 2.75) is 17.8 Å². The van der Waals surface area contributed by atoms with Crippen molar-refractivity contribution in [1.82, 2.24) is 10.2 Å². The van der Waals surface area contributed by atoms with Gasteiger partial charge in [-0.15, -0.1) is 0 Å². The van der Waals surface area contributed by atoms with Crippen molar-refractivity contribution in [3.05, 3.63) is 41.8 Å². The Morgan fingerprint density at radius 2 is 1.89 bits per heavy atom. The normalized spacial score (nSPS) is 24.4. The SMILES string of the molecule is NCC1(c2cn[nH]c2-c2ccc(F)cc2)CC1(F)F. The van der Waals surface area contributed by atoms with Crippen LogP contribution in [0.1, 0.15) is 12.0 Å². The molecule has 1 aromatic carbocycles. The van der Waals surface area contributed by atoms with Gasteiger partial charge in [0, 0.05) is 24.1 Å². The van der Waals surface area contributed by atoms with Crippen LogP contribution in [0, 0.1) is 5.82 Å². The molecule has 1 saturated carbocycles. The topological polar surface area (TPSA) is 54.7 Å². The van der Waals surface area contributed by atoms with E-state index in [9.17, 15) is 13.2 Å². The smallest absolute Gasteiger partial charge is 0.260 e. The minimum absolute atomic E-state index is 0.145. The number of nitrogens with zero attached hydrogens (tertiary/aromatic N) is 1. The summed E-state index contributed by atoms with van der Waals surface area (Å²) in [5.41, 5.74) is 5.67. The maximum Gasteiger partial charge on any atom is 0.260 e. The third kappa shape index (κ3) is 1.67. The Hall–Kier alpha value is -1.82. The predicted octanol–water partition coefficient (Wildman–Crippen LogP) is 2.45. The van der Waals surface area contributed by atoms with Gasteiger partial charge >= 0.3 is 0 Å². The molecule has 0 amide bonds. The molecule has 1 aromatic heterocycles. The second-order valence-corrected chi connectivity index (χ2v) is 4.83. The Bertz CT molecular complexity index is 606. The summed E-state index contributed by atoms with van der Waals surface area (Å²) in [7, 11) is 0. The van der Waals surface area contributed by atoms with Crippen LogP contribution in [-0.4, -0.2) is 22.7 Å². The molecule has 1 unspecified atom stereocenters. The van der Waals surface area contributed by atoms with Gasteiger partial charge in [0.05, 0.1) is 17.3 Å². The summed E-state index contributed by atoms with van der Waals surface area (Å²) in [4.78, 5) is 0. The van der Waals surface area contributed by atoms with Gasteiger partial charge in [-0.2, -0.15) is 5.10 Å². The minimum Gasteiger partial charge on any atom is -0.329 e. The largest absolute Gasteiger partial charge is 0.329 e. The number of hydrogen-bond donors (Lipinski definition) is 2. The Labute approximate surface area is 107 Å². The van der Waals surface area contributed by atoms with Crippen molar-refractivity contribution in [3.8, 4) is 11.3 Å². The zero-order valence-electron chi connectivity index (χ0n) is 9.96. The molecule has 3 N–H and O–H groups in total. The van der Waals surface area contributed by atoms with Gasteiger partial charge in [-0.1, -0.05) is 0 Å². The predicted molar refractivity (Wildman–Crippen MR) is 64.3 cm³/mol.